The van der Waals surface area contributed by atoms with E-state index in [-0.39, 0.29) is 24.8 Å². The van der Waals surface area contributed by atoms with Gasteiger partial charge in [0.15, 0.2) is 0 Å². The van der Waals surface area contributed by atoms with E-state index in [1.807, 2.05) is 24.4 Å². The average Bonchev–Trinajstić information content (AvgIpc) is 3.37. The molecule has 0 bridgehead atoms. The minimum absolute atomic E-state index is 0.130. The molecule has 1 saturated heterocycles. The third kappa shape index (κ3) is 4.18. The lowest BCUT2D eigenvalue weighted by Gasteiger charge is -2.21. The largest absolute Gasteiger partial charge is 0.495 e. The molecule has 7 nitrogen and oxygen atoms in total. The number of aromatic nitrogens is 1. The fourth-order valence-corrected chi connectivity index (χ4v) is 4.21. The van der Waals surface area contributed by atoms with E-state index in [1.165, 1.54) is 14.2 Å². The zero-order chi connectivity index (χ0) is 22.0. The number of para-hydroxylation sites is 1. The third-order valence-corrected chi connectivity index (χ3v) is 5.90. The molecule has 162 valence electrons. The molecule has 0 saturated carbocycles. The SMILES string of the molecule is COc1cc(OC)c(N2C[C@H](C(=O)NCCc3c[nH]c4ccccc34)CC2=O)cc1Cl. The Hall–Kier alpha value is -3.19. The molecule has 1 aromatic heterocycles. The summed E-state index contributed by atoms with van der Waals surface area (Å²) in [6.45, 7) is 0.778. The van der Waals surface area contributed by atoms with Crippen LogP contribution in [0.5, 0.6) is 11.5 Å². The van der Waals surface area contributed by atoms with Crippen molar-refractivity contribution < 1.29 is 19.1 Å². The van der Waals surface area contributed by atoms with Gasteiger partial charge in [0.1, 0.15) is 11.5 Å². The van der Waals surface area contributed by atoms with Crippen LogP contribution in [0, 0.1) is 5.92 Å². The normalized spacial score (nSPS) is 16.0. The highest BCUT2D eigenvalue weighted by Gasteiger charge is 2.36. The molecule has 3 aromatic rings. The van der Waals surface area contributed by atoms with E-state index in [0.29, 0.717) is 35.2 Å². The van der Waals surface area contributed by atoms with Crippen LogP contribution in [0.1, 0.15) is 12.0 Å². The molecule has 2 heterocycles. The summed E-state index contributed by atoms with van der Waals surface area (Å²) in [4.78, 5) is 30.1. The number of hydrogen-bond acceptors (Lipinski definition) is 4. The van der Waals surface area contributed by atoms with Gasteiger partial charge in [-0.3, -0.25) is 9.59 Å². The predicted molar refractivity (Wildman–Crippen MR) is 120 cm³/mol. The standard InChI is InChI=1S/C23H24ClN3O4/c1-30-20-11-21(31-2)19(10-17(20)24)27-13-15(9-22(27)28)23(29)25-8-7-14-12-26-18-6-4-3-5-16(14)18/h3-6,10-12,15,26H,7-9,13H2,1-2H3,(H,25,29)/t15-/m1/s1. The van der Waals surface area contributed by atoms with E-state index in [4.69, 9.17) is 21.1 Å². The number of carbonyl (C=O) groups is 2. The fraction of sp³-hybridized carbons (Fsp3) is 0.304. The number of nitrogens with zero attached hydrogens (tertiary/aromatic N) is 1. The number of amides is 2. The van der Waals surface area contributed by atoms with E-state index in [2.05, 4.69) is 16.4 Å². The number of aromatic amines is 1. The molecule has 2 amide bonds. The van der Waals surface area contributed by atoms with Crippen LogP contribution in [0.4, 0.5) is 5.69 Å². The van der Waals surface area contributed by atoms with Crippen molar-refractivity contribution >= 4 is 40.0 Å². The molecular formula is C23H24ClN3O4. The van der Waals surface area contributed by atoms with Crippen LogP contribution in [0.2, 0.25) is 5.02 Å². The van der Waals surface area contributed by atoms with Gasteiger partial charge in [-0.05, 0) is 24.1 Å². The molecule has 31 heavy (non-hydrogen) atoms. The predicted octanol–water partition coefficient (Wildman–Crippen LogP) is 3.55. The first-order valence-electron chi connectivity index (χ1n) is 10.1. The Kier molecular flexibility index (Phi) is 6.04. The minimum atomic E-state index is -0.430. The molecule has 0 unspecified atom stereocenters. The summed E-state index contributed by atoms with van der Waals surface area (Å²) >= 11 is 6.24. The molecule has 1 atom stereocenters. The zero-order valence-electron chi connectivity index (χ0n) is 17.4. The van der Waals surface area contributed by atoms with Crippen molar-refractivity contribution in [2.45, 2.75) is 12.8 Å². The molecule has 0 aliphatic carbocycles. The highest BCUT2D eigenvalue weighted by Crippen LogP contribution is 2.40. The lowest BCUT2D eigenvalue weighted by atomic mass is 10.1. The average molecular weight is 442 g/mol. The van der Waals surface area contributed by atoms with Gasteiger partial charge in [-0.1, -0.05) is 29.8 Å². The van der Waals surface area contributed by atoms with E-state index in [9.17, 15) is 9.59 Å². The lowest BCUT2D eigenvalue weighted by molar-refractivity contribution is -0.126. The number of ether oxygens (including phenoxy) is 2. The Balaban J connectivity index is 1.40. The van der Waals surface area contributed by atoms with Gasteiger partial charge < -0.3 is 24.7 Å². The van der Waals surface area contributed by atoms with Crippen molar-refractivity contribution in [2.75, 3.05) is 32.2 Å². The Bertz CT molecular complexity index is 1130. The Morgan fingerprint density at radius 1 is 1.23 bits per heavy atom. The number of hydrogen-bond donors (Lipinski definition) is 2. The van der Waals surface area contributed by atoms with Crippen molar-refractivity contribution in [3.8, 4) is 11.5 Å². The van der Waals surface area contributed by atoms with Gasteiger partial charge in [0.05, 0.1) is 30.8 Å². The summed E-state index contributed by atoms with van der Waals surface area (Å²) in [5.41, 5.74) is 2.76. The number of rotatable bonds is 7. The Morgan fingerprint density at radius 2 is 2.00 bits per heavy atom. The molecule has 0 radical (unpaired) electrons. The maximum absolute atomic E-state index is 12.7. The van der Waals surface area contributed by atoms with Crippen molar-refractivity contribution in [1.82, 2.24) is 10.3 Å². The van der Waals surface area contributed by atoms with Crippen LogP contribution >= 0.6 is 11.6 Å². The number of methoxy groups -OCH3 is 2. The minimum Gasteiger partial charge on any atom is -0.495 e. The van der Waals surface area contributed by atoms with Gasteiger partial charge >= 0.3 is 0 Å². The van der Waals surface area contributed by atoms with Crippen LogP contribution in [-0.2, 0) is 16.0 Å². The molecule has 1 aliphatic rings. The van der Waals surface area contributed by atoms with Crippen LogP contribution in [0.3, 0.4) is 0 Å². The van der Waals surface area contributed by atoms with E-state index < -0.39 is 5.92 Å². The molecule has 4 rings (SSSR count). The van der Waals surface area contributed by atoms with Gasteiger partial charge in [-0.15, -0.1) is 0 Å². The van der Waals surface area contributed by atoms with E-state index in [1.54, 1.807) is 17.0 Å². The maximum atomic E-state index is 12.7. The molecular weight excluding hydrogens is 418 g/mol. The molecule has 2 aromatic carbocycles. The second-order valence-corrected chi connectivity index (χ2v) is 7.87. The van der Waals surface area contributed by atoms with Crippen LogP contribution in [0.15, 0.2) is 42.6 Å². The highest BCUT2D eigenvalue weighted by molar-refractivity contribution is 6.32. The van der Waals surface area contributed by atoms with Gasteiger partial charge in [0, 0.05) is 42.7 Å². The summed E-state index contributed by atoms with van der Waals surface area (Å²) < 4.78 is 10.6. The van der Waals surface area contributed by atoms with E-state index >= 15 is 0 Å². The lowest BCUT2D eigenvalue weighted by Crippen LogP contribution is -2.34. The number of nitrogens with one attached hydrogen (secondary N) is 2. The Labute approximate surface area is 185 Å². The number of carbonyl (C=O) groups excluding carboxylic acids is 2. The second kappa shape index (κ2) is 8.89. The second-order valence-electron chi connectivity index (χ2n) is 7.46. The summed E-state index contributed by atoms with van der Waals surface area (Å²) in [6, 6.07) is 11.3. The highest BCUT2D eigenvalue weighted by atomic mass is 35.5. The maximum Gasteiger partial charge on any atom is 0.227 e. The summed E-state index contributed by atoms with van der Waals surface area (Å²) in [5, 5.41) is 4.50. The molecule has 1 aliphatic heterocycles. The van der Waals surface area contributed by atoms with E-state index in [0.717, 1.165) is 16.5 Å². The number of benzene rings is 2. The smallest absolute Gasteiger partial charge is 0.227 e. The molecule has 0 spiro atoms. The van der Waals surface area contributed by atoms with Crippen LogP contribution < -0.4 is 19.7 Å². The number of H-pyrrole nitrogens is 1. The number of fused-ring (bicyclic) bond motifs is 1. The van der Waals surface area contributed by atoms with Crippen LogP contribution in [-0.4, -0.2) is 44.1 Å². The molecule has 1 fully saturated rings. The first-order chi connectivity index (χ1) is 15.0. The van der Waals surface area contributed by atoms with Gasteiger partial charge in [0.2, 0.25) is 11.8 Å². The first-order valence-corrected chi connectivity index (χ1v) is 10.4. The Morgan fingerprint density at radius 3 is 2.77 bits per heavy atom. The molecule has 2 N–H and O–H groups in total. The van der Waals surface area contributed by atoms with Crippen molar-refractivity contribution in [3.63, 3.8) is 0 Å². The fourth-order valence-electron chi connectivity index (χ4n) is 3.97. The number of anilines is 1. The topological polar surface area (TPSA) is 83.7 Å². The van der Waals surface area contributed by atoms with Crippen molar-refractivity contribution in [1.29, 1.82) is 0 Å². The monoisotopic (exact) mass is 441 g/mol. The van der Waals surface area contributed by atoms with Gasteiger partial charge in [-0.25, -0.2) is 0 Å². The van der Waals surface area contributed by atoms with Gasteiger partial charge in [-0.2, -0.15) is 0 Å². The summed E-state index contributed by atoms with van der Waals surface area (Å²) in [7, 11) is 3.03. The number of halogens is 1. The summed E-state index contributed by atoms with van der Waals surface area (Å²) in [6.07, 6.45) is 2.82. The molecule has 8 heteroatoms. The quantitative estimate of drug-likeness (QED) is 0.587. The van der Waals surface area contributed by atoms with Crippen molar-refractivity contribution in [2.24, 2.45) is 5.92 Å². The zero-order valence-corrected chi connectivity index (χ0v) is 18.2. The first kappa shape index (κ1) is 21.1. The van der Waals surface area contributed by atoms with Crippen LogP contribution in [0.25, 0.3) is 10.9 Å². The van der Waals surface area contributed by atoms with Crippen molar-refractivity contribution in [3.05, 3.63) is 53.2 Å². The van der Waals surface area contributed by atoms with Gasteiger partial charge in [0.25, 0.3) is 0 Å². The summed E-state index contributed by atoms with van der Waals surface area (Å²) in [5.74, 6) is 0.224. The third-order valence-electron chi connectivity index (χ3n) is 5.61.